The van der Waals surface area contributed by atoms with Crippen LogP contribution in [0, 0.1) is 13.7 Å². The summed E-state index contributed by atoms with van der Waals surface area (Å²) in [7, 11) is 0. The number of nitrogens with one attached hydrogen (secondary N) is 1. The van der Waals surface area contributed by atoms with E-state index in [9.17, 15) is 10.1 Å². The first-order valence-electron chi connectivity index (χ1n) is 6.87. The van der Waals surface area contributed by atoms with Crippen LogP contribution in [0.25, 0.3) is 0 Å². The largest absolute Gasteiger partial charge is 0.381 e. The van der Waals surface area contributed by atoms with Crippen LogP contribution in [0.2, 0.25) is 0 Å². The summed E-state index contributed by atoms with van der Waals surface area (Å²) in [5.74, 6) is 0. The minimum absolute atomic E-state index is 0.160. The maximum Gasteiger partial charge on any atom is 0.270 e. The maximum absolute atomic E-state index is 10.7. The third-order valence-corrected chi connectivity index (χ3v) is 4.52. The van der Waals surface area contributed by atoms with Crippen LogP contribution in [0.4, 0.5) is 11.4 Å². The van der Waals surface area contributed by atoms with Gasteiger partial charge in [-0.2, -0.15) is 0 Å². The maximum atomic E-state index is 10.7. The van der Waals surface area contributed by atoms with Crippen molar-refractivity contribution in [1.29, 1.82) is 0 Å². The Morgan fingerprint density at radius 2 is 1.79 bits per heavy atom. The molecule has 2 rings (SSSR count). The first kappa shape index (κ1) is 14.6. The van der Waals surface area contributed by atoms with E-state index in [-0.39, 0.29) is 10.6 Å². The van der Waals surface area contributed by atoms with E-state index in [1.807, 2.05) is 6.07 Å². The van der Waals surface area contributed by atoms with Crippen molar-refractivity contribution < 1.29 is 4.92 Å². The molecule has 1 N–H and O–H groups in total. The lowest BCUT2D eigenvalue weighted by molar-refractivity contribution is -0.384. The Labute approximate surface area is 127 Å². The second-order valence-electron chi connectivity index (χ2n) is 5.11. The van der Waals surface area contributed by atoms with Gasteiger partial charge in [-0.3, -0.25) is 10.1 Å². The Morgan fingerprint density at radius 1 is 1.16 bits per heavy atom. The molecule has 0 heterocycles. The van der Waals surface area contributed by atoms with E-state index in [1.54, 1.807) is 12.1 Å². The molecule has 1 aromatic rings. The molecule has 4 nitrogen and oxygen atoms in total. The van der Waals surface area contributed by atoms with E-state index in [2.05, 4.69) is 27.9 Å². The third-order valence-electron chi connectivity index (χ3n) is 3.63. The van der Waals surface area contributed by atoms with E-state index >= 15 is 0 Å². The lowest BCUT2D eigenvalue weighted by Gasteiger charge is -2.22. The number of benzene rings is 1. The van der Waals surface area contributed by atoms with Crippen molar-refractivity contribution in [2.75, 3.05) is 5.32 Å². The molecule has 0 saturated heterocycles. The molecule has 1 saturated carbocycles. The Morgan fingerprint density at radius 3 is 2.37 bits per heavy atom. The molecule has 19 heavy (non-hydrogen) atoms. The molecular weight excluding hydrogens is 355 g/mol. The summed E-state index contributed by atoms with van der Waals surface area (Å²) < 4.78 is 0.925. The SMILES string of the molecule is O=[N+]([O-])c1ccc(NC2CCCCCCC2)c(I)c1. The van der Waals surface area contributed by atoms with Gasteiger partial charge in [-0.15, -0.1) is 0 Å². The molecule has 0 aliphatic heterocycles. The summed E-state index contributed by atoms with van der Waals surface area (Å²) in [6.07, 6.45) is 8.98. The number of anilines is 1. The van der Waals surface area contributed by atoms with Crippen molar-refractivity contribution >= 4 is 34.0 Å². The summed E-state index contributed by atoms with van der Waals surface area (Å²) in [5.41, 5.74) is 1.18. The molecule has 0 amide bonds. The highest BCUT2D eigenvalue weighted by atomic mass is 127. The number of halogens is 1. The molecule has 0 bridgehead atoms. The van der Waals surface area contributed by atoms with Crippen LogP contribution >= 0.6 is 22.6 Å². The fourth-order valence-corrected chi connectivity index (χ4v) is 3.21. The summed E-state index contributed by atoms with van der Waals surface area (Å²) in [4.78, 5) is 10.4. The van der Waals surface area contributed by atoms with E-state index in [1.165, 1.54) is 44.9 Å². The Bertz CT molecular complexity index is 443. The molecule has 0 spiro atoms. The first-order valence-corrected chi connectivity index (χ1v) is 7.95. The predicted octanol–water partition coefficient (Wildman–Crippen LogP) is 4.72. The number of non-ortho nitro benzene ring substituents is 1. The van der Waals surface area contributed by atoms with Gasteiger partial charge in [-0.25, -0.2) is 0 Å². The van der Waals surface area contributed by atoms with Crippen LogP contribution in [0.3, 0.4) is 0 Å². The van der Waals surface area contributed by atoms with Gasteiger partial charge in [0.2, 0.25) is 0 Å². The highest BCUT2D eigenvalue weighted by Gasteiger charge is 2.14. The van der Waals surface area contributed by atoms with E-state index in [4.69, 9.17) is 0 Å². The average molecular weight is 374 g/mol. The average Bonchev–Trinajstić information content (AvgIpc) is 2.34. The van der Waals surface area contributed by atoms with Gasteiger partial charge in [-0.1, -0.05) is 32.1 Å². The zero-order chi connectivity index (χ0) is 13.7. The lowest BCUT2D eigenvalue weighted by atomic mass is 9.96. The summed E-state index contributed by atoms with van der Waals surface area (Å²) in [5, 5.41) is 14.3. The Kier molecular flexibility index (Phi) is 5.42. The number of hydrogen-bond acceptors (Lipinski definition) is 3. The Hall–Kier alpha value is -0.850. The molecular formula is C14H19IN2O2. The summed E-state index contributed by atoms with van der Waals surface area (Å²) in [6.45, 7) is 0. The van der Waals surface area contributed by atoms with Gasteiger partial charge >= 0.3 is 0 Å². The number of nitrogens with zero attached hydrogens (tertiary/aromatic N) is 1. The zero-order valence-electron chi connectivity index (χ0n) is 10.9. The molecule has 5 heteroatoms. The van der Waals surface area contributed by atoms with Gasteiger partial charge in [0.1, 0.15) is 0 Å². The van der Waals surface area contributed by atoms with Crippen LogP contribution in [-0.2, 0) is 0 Å². The van der Waals surface area contributed by atoms with Gasteiger partial charge in [0.25, 0.3) is 5.69 Å². The van der Waals surface area contributed by atoms with Gasteiger partial charge in [0.05, 0.1) is 4.92 Å². The van der Waals surface area contributed by atoms with Crippen LogP contribution in [0.5, 0.6) is 0 Å². The first-order chi connectivity index (χ1) is 9.16. The summed E-state index contributed by atoms with van der Waals surface area (Å²) in [6, 6.07) is 5.55. The van der Waals surface area contributed by atoms with E-state index < -0.39 is 0 Å². The molecule has 0 atom stereocenters. The lowest BCUT2D eigenvalue weighted by Crippen LogP contribution is -2.21. The van der Waals surface area contributed by atoms with Gasteiger partial charge in [-0.05, 0) is 41.5 Å². The van der Waals surface area contributed by atoms with Crippen LogP contribution in [0.15, 0.2) is 18.2 Å². The van der Waals surface area contributed by atoms with E-state index in [0.717, 1.165) is 9.26 Å². The van der Waals surface area contributed by atoms with Crippen LogP contribution in [-0.4, -0.2) is 11.0 Å². The molecule has 104 valence electrons. The summed E-state index contributed by atoms with van der Waals surface area (Å²) >= 11 is 2.17. The second-order valence-corrected chi connectivity index (χ2v) is 6.27. The van der Waals surface area contributed by atoms with Crippen molar-refractivity contribution in [1.82, 2.24) is 0 Å². The van der Waals surface area contributed by atoms with E-state index in [0.29, 0.717) is 6.04 Å². The van der Waals surface area contributed by atoms with Crippen molar-refractivity contribution in [2.24, 2.45) is 0 Å². The molecule has 1 aliphatic carbocycles. The van der Waals surface area contributed by atoms with Crippen LogP contribution in [0.1, 0.15) is 44.9 Å². The highest BCUT2D eigenvalue weighted by Crippen LogP contribution is 2.27. The number of rotatable bonds is 3. The minimum Gasteiger partial charge on any atom is -0.381 e. The predicted molar refractivity (Wildman–Crippen MR) is 85.5 cm³/mol. The number of nitro benzene ring substituents is 1. The fraction of sp³-hybridized carbons (Fsp3) is 0.571. The molecule has 1 aliphatic rings. The second kappa shape index (κ2) is 7.07. The highest BCUT2D eigenvalue weighted by molar-refractivity contribution is 14.1. The van der Waals surface area contributed by atoms with Crippen molar-refractivity contribution in [3.63, 3.8) is 0 Å². The van der Waals surface area contributed by atoms with Crippen molar-refractivity contribution in [3.8, 4) is 0 Å². The molecule has 0 radical (unpaired) electrons. The molecule has 1 fully saturated rings. The molecule has 1 aromatic carbocycles. The molecule has 0 aromatic heterocycles. The molecule has 0 unspecified atom stereocenters. The normalized spacial score (nSPS) is 17.5. The van der Waals surface area contributed by atoms with Crippen molar-refractivity contribution in [3.05, 3.63) is 31.9 Å². The standard InChI is InChI=1S/C14H19IN2O2/c15-13-10-12(17(18)19)8-9-14(13)16-11-6-4-2-1-3-5-7-11/h8-11,16H,1-7H2. The number of hydrogen-bond donors (Lipinski definition) is 1. The third kappa shape index (κ3) is 4.33. The van der Waals surface area contributed by atoms with Gasteiger partial charge in [0, 0.05) is 27.4 Å². The fourth-order valence-electron chi connectivity index (χ4n) is 2.56. The van der Waals surface area contributed by atoms with Crippen LogP contribution < -0.4 is 5.32 Å². The number of nitro groups is 1. The van der Waals surface area contributed by atoms with Gasteiger partial charge < -0.3 is 5.32 Å². The monoisotopic (exact) mass is 374 g/mol. The van der Waals surface area contributed by atoms with Crippen molar-refractivity contribution in [2.45, 2.75) is 51.0 Å². The van der Waals surface area contributed by atoms with Gasteiger partial charge in [0.15, 0.2) is 0 Å². The topological polar surface area (TPSA) is 55.2 Å². The zero-order valence-corrected chi connectivity index (χ0v) is 13.1. The minimum atomic E-state index is -0.345. The Balaban J connectivity index is 2.03. The smallest absolute Gasteiger partial charge is 0.270 e. The quantitative estimate of drug-likeness (QED) is 0.473.